The van der Waals surface area contributed by atoms with E-state index in [1.54, 1.807) is 6.07 Å². The number of imidazole rings is 1. The molecule has 1 aromatic heterocycles. The summed E-state index contributed by atoms with van der Waals surface area (Å²) in [5.41, 5.74) is 1.50. The van der Waals surface area contributed by atoms with E-state index in [2.05, 4.69) is 9.97 Å². The number of non-ortho nitro benzene ring substituents is 1. The van der Waals surface area contributed by atoms with E-state index in [4.69, 9.17) is 17.5 Å². The number of nitrogens with zero attached hydrogens (tertiary/aromatic N) is 2. The van der Waals surface area contributed by atoms with Crippen molar-refractivity contribution in [1.29, 1.82) is 0 Å². The van der Waals surface area contributed by atoms with E-state index >= 15 is 0 Å². The third-order valence-corrected chi connectivity index (χ3v) is 1.61. The largest absolute Gasteiger partial charge is 0.394 e. The summed E-state index contributed by atoms with van der Waals surface area (Å²) in [6.45, 7) is 0. The summed E-state index contributed by atoms with van der Waals surface area (Å²) < 4.78 is 31.6. The first kappa shape index (κ1) is 13.0. The Bertz CT molecular complexity index is 626. The van der Waals surface area contributed by atoms with Gasteiger partial charge in [0, 0.05) is 12.1 Å². The molecule has 0 atom stereocenters. The Morgan fingerprint density at radius 2 is 1.94 bits per heavy atom. The van der Waals surface area contributed by atoms with Crippen LogP contribution in [0.15, 0.2) is 24.5 Å². The number of hydrogen-bond donors (Lipinski definition) is 3. The number of nitrogens with one attached hydrogen (secondary N) is 1. The molecule has 0 saturated heterocycles. The standard InChI is InChI=1S/C7H5N3O2.H2O4S/c11-10(12)5-1-2-6-7(3-5)9-4-8-6;1-5(2,3)4/h1-4H,(H,8,9);(H2,1,2,3,4). The average Bonchev–Trinajstić information content (AvgIpc) is 2.60. The van der Waals surface area contributed by atoms with E-state index in [9.17, 15) is 10.1 Å². The zero-order valence-electron chi connectivity index (χ0n) is 8.14. The van der Waals surface area contributed by atoms with Crippen LogP contribution in [0.3, 0.4) is 0 Å². The van der Waals surface area contributed by atoms with E-state index < -0.39 is 15.3 Å². The van der Waals surface area contributed by atoms with E-state index in [0.717, 1.165) is 5.52 Å². The van der Waals surface area contributed by atoms with Crippen molar-refractivity contribution in [2.75, 3.05) is 0 Å². The van der Waals surface area contributed by atoms with Gasteiger partial charge >= 0.3 is 10.4 Å². The Balaban J connectivity index is 0.000000249. The van der Waals surface area contributed by atoms with Gasteiger partial charge in [-0.3, -0.25) is 19.2 Å². The highest BCUT2D eigenvalue weighted by Crippen LogP contribution is 2.16. The Morgan fingerprint density at radius 3 is 2.47 bits per heavy atom. The van der Waals surface area contributed by atoms with Gasteiger partial charge in [0.2, 0.25) is 0 Å². The molecule has 2 rings (SSSR count). The number of aromatic nitrogens is 2. The zero-order valence-corrected chi connectivity index (χ0v) is 8.96. The monoisotopic (exact) mass is 261 g/mol. The number of H-pyrrole nitrogens is 1. The highest BCUT2D eigenvalue weighted by molar-refractivity contribution is 7.79. The molecular weight excluding hydrogens is 254 g/mol. The molecular formula is C7H7N3O6S. The van der Waals surface area contributed by atoms with Gasteiger partial charge in [-0.25, -0.2) is 4.98 Å². The van der Waals surface area contributed by atoms with Crippen molar-refractivity contribution < 1.29 is 22.4 Å². The second-order valence-corrected chi connectivity index (χ2v) is 3.70. The van der Waals surface area contributed by atoms with Crippen LogP contribution in [0.2, 0.25) is 0 Å². The average molecular weight is 261 g/mol. The molecule has 0 bridgehead atoms. The van der Waals surface area contributed by atoms with Gasteiger partial charge in [-0.2, -0.15) is 8.42 Å². The van der Waals surface area contributed by atoms with Gasteiger partial charge in [-0.15, -0.1) is 0 Å². The fourth-order valence-corrected chi connectivity index (χ4v) is 1.04. The summed E-state index contributed by atoms with van der Waals surface area (Å²) in [7, 11) is -4.67. The van der Waals surface area contributed by atoms with Crippen LogP contribution in [0.25, 0.3) is 11.0 Å². The first-order valence-electron chi connectivity index (χ1n) is 4.05. The quantitative estimate of drug-likeness (QED) is 0.391. The minimum atomic E-state index is -4.67. The maximum atomic E-state index is 10.3. The fourth-order valence-electron chi connectivity index (χ4n) is 1.04. The van der Waals surface area contributed by atoms with Crippen LogP contribution >= 0.6 is 0 Å². The number of hydrogen-bond acceptors (Lipinski definition) is 5. The molecule has 0 spiro atoms. The highest BCUT2D eigenvalue weighted by Gasteiger charge is 2.05. The predicted octanol–water partition coefficient (Wildman–Crippen LogP) is 0.818. The molecule has 0 amide bonds. The van der Waals surface area contributed by atoms with Crippen LogP contribution in [-0.4, -0.2) is 32.4 Å². The van der Waals surface area contributed by atoms with E-state index in [1.165, 1.54) is 18.5 Å². The van der Waals surface area contributed by atoms with Gasteiger partial charge in [0.15, 0.2) is 0 Å². The van der Waals surface area contributed by atoms with Gasteiger partial charge in [0.25, 0.3) is 5.69 Å². The molecule has 9 nitrogen and oxygen atoms in total. The van der Waals surface area contributed by atoms with Crippen LogP contribution < -0.4 is 0 Å². The number of rotatable bonds is 1. The minimum absolute atomic E-state index is 0.0757. The molecule has 1 heterocycles. The zero-order chi connectivity index (χ0) is 13.1. The van der Waals surface area contributed by atoms with Crippen LogP contribution in [0.4, 0.5) is 5.69 Å². The number of nitro groups is 1. The molecule has 0 aliphatic carbocycles. The lowest BCUT2D eigenvalue weighted by molar-refractivity contribution is -0.384. The van der Waals surface area contributed by atoms with E-state index in [-0.39, 0.29) is 5.69 Å². The van der Waals surface area contributed by atoms with E-state index in [0.29, 0.717) is 5.52 Å². The molecule has 0 radical (unpaired) electrons. The van der Waals surface area contributed by atoms with Crippen molar-refractivity contribution in [1.82, 2.24) is 9.97 Å². The molecule has 0 saturated carbocycles. The van der Waals surface area contributed by atoms with Crippen molar-refractivity contribution in [3.05, 3.63) is 34.6 Å². The summed E-state index contributed by atoms with van der Waals surface area (Å²) in [5, 5.41) is 10.3. The number of fused-ring (bicyclic) bond motifs is 1. The summed E-state index contributed by atoms with van der Waals surface area (Å²) in [4.78, 5) is 16.6. The summed E-state index contributed by atoms with van der Waals surface area (Å²) >= 11 is 0. The first-order chi connectivity index (χ1) is 7.77. The van der Waals surface area contributed by atoms with Gasteiger partial charge in [-0.05, 0) is 6.07 Å². The lowest BCUT2D eigenvalue weighted by atomic mass is 10.3. The lowest BCUT2D eigenvalue weighted by Crippen LogP contribution is -1.89. The Labute approximate surface area is 94.8 Å². The van der Waals surface area contributed by atoms with Crippen LogP contribution in [0.5, 0.6) is 0 Å². The molecule has 0 unspecified atom stereocenters. The molecule has 2 aromatic rings. The lowest BCUT2D eigenvalue weighted by Gasteiger charge is -1.89. The van der Waals surface area contributed by atoms with Crippen molar-refractivity contribution in [2.45, 2.75) is 0 Å². The maximum Gasteiger partial charge on any atom is 0.394 e. The summed E-state index contributed by atoms with van der Waals surface area (Å²) in [6, 6.07) is 4.51. The molecule has 10 heteroatoms. The second kappa shape index (κ2) is 4.86. The maximum absolute atomic E-state index is 10.3. The Hall–Kier alpha value is -2.04. The third kappa shape index (κ3) is 4.55. The first-order valence-corrected chi connectivity index (χ1v) is 5.44. The van der Waals surface area contributed by atoms with E-state index in [1.807, 2.05) is 0 Å². The smallest absolute Gasteiger partial charge is 0.344 e. The molecule has 0 aliphatic rings. The number of nitro benzene ring substituents is 1. The molecule has 3 N–H and O–H groups in total. The second-order valence-electron chi connectivity index (χ2n) is 2.81. The Morgan fingerprint density at radius 1 is 1.35 bits per heavy atom. The summed E-state index contributed by atoms with van der Waals surface area (Å²) in [5.74, 6) is 0. The van der Waals surface area contributed by atoms with Crippen molar-refractivity contribution >= 4 is 27.1 Å². The number of aromatic amines is 1. The van der Waals surface area contributed by atoms with Crippen LogP contribution in [-0.2, 0) is 10.4 Å². The fraction of sp³-hybridized carbons (Fsp3) is 0. The van der Waals surface area contributed by atoms with Crippen LogP contribution in [0.1, 0.15) is 0 Å². The van der Waals surface area contributed by atoms with Gasteiger partial charge in [0.05, 0.1) is 22.3 Å². The minimum Gasteiger partial charge on any atom is -0.344 e. The molecule has 0 fully saturated rings. The van der Waals surface area contributed by atoms with Gasteiger partial charge in [-0.1, -0.05) is 0 Å². The Kier molecular flexibility index (Phi) is 3.73. The SMILES string of the molecule is O=S(=O)(O)O.O=[N+]([O-])c1ccc2nc[nH]c2c1. The van der Waals surface area contributed by atoms with Gasteiger partial charge in [0.1, 0.15) is 0 Å². The normalized spacial score (nSPS) is 10.7. The van der Waals surface area contributed by atoms with Crippen molar-refractivity contribution in [3.8, 4) is 0 Å². The molecule has 17 heavy (non-hydrogen) atoms. The predicted molar refractivity (Wildman–Crippen MR) is 56.9 cm³/mol. The van der Waals surface area contributed by atoms with Crippen molar-refractivity contribution in [2.24, 2.45) is 0 Å². The molecule has 1 aromatic carbocycles. The van der Waals surface area contributed by atoms with Crippen LogP contribution in [0, 0.1) is 10.1 Å². The molecule has 0 aliphatic heterocycles. The highest BCUT2D eigenvalue weighted by atomic mass is 32.3. The third-order valence-electron chi connectivity index (χ3n) is 1.61. The molecule has 92 valence electrons. The summed E-state index contributed by atoms with van der Waals surface area (Å²) in [6.07, 6.45) is 1.51. The van der Waals surface area contributed by atoms with Crippen molar-refractivity contribution in [3.63, 3.8) is 0 Å². The number of benzene rings is 1. The van der Waals surface area contributed by atoms with Gasteiger partial charge < -0.3 is 4.98 Å². The topological polar surface area (TPSA) is 146 Å².